The minimum absolute atomic E-state index is 0.288. The molecule has 7 heteroatoms. The van der Waals surface area contributed by atoms with Crippen molar-refractivity contribution in [2.24, 2.45) is 0 Å². The Bertz CT molecular complexity index is 1210. The molecular formula is C23H16FN3O3. The summed E-state index contributed by atoms with van der Waals surface area (Å²) >= 11 is 0. The standard InChI is InChI=1S/C23H16FN3O3/c24-15-8-10-16(11-9-15)26-22(28)14-30-23(29)18-13-21(20-7-3-4-12-25-20)27-19-6-2-1-5-17(18)19/h1-13H,14H2,(H,26,28). The maximum absolute atomic E-state index is 13.0. The van der Waals surface area contributed by atoms with Crippen molar-refractivity contribution in [3.8, 4) is 11.4 Å². The fraction of sp³-hybridized carbons (Fsp3) is 0.0435. The molecule has 2 aromatic heterocycles. The number of hydrogen-bond donors (Lipinski definition) is 1. The largest absolute Gasteiger partial charge is 0.452 e. The Morgan fingerprint density at radius 1 is 0.933 bits per heavy atom. The maximum atomic E-state index is 13.0. The molecule has 148 valence electrons. The number of carbonyl (C=O) groups is 2. The van der Waals surface area contributed by atoms with Crippen LogP contribution in [0.4, 0.5) is 10.1 Å². The van der Waals surface area contributed by atoms with Gasteiger partial charge in [-0.25, -0.2) is 14.2 Å². The van der Waals surface area contributed by atoms with E-state index in [1.165, 1.54) is 24.3 Å². The maximum Gasteiger partial charge on any atom is 0.339 e. The summed E-state index contributed by atoms with van der Waals surface area (Å²) in [4.78, 5) is 33.7. The number of aromatic nitrogens is 2. The zero-order valence-electron chi connectivity index (χ0n) is 15.7. The van der Waals surface area contributed by atoms with Crippen LogP contribution in [0.2, 0.25) is 0 Å². The van der Waals surface area contributed by atoms with Gasteiger partial charge in [0.05, 0.1) is 22.5 Å². The number of hydrogen-bond acceptors (Lipinski definition) is 5. The van der Waals surface area contributed by atoms with Crippen LogP contribution in [-0.4, -0.2) is 28.5 Å². The first-order valence-electron chi connectivity index (χ1n) is 9.14. The number of nitrogens with zero attached hydrogens (tertiary/aromatic N) is 2. The topological polar surface area (TPSA) is 81.2 Å². The van der Waals surface area contributed by atoms with E-state index >= 15 is 0 Å². The summed E-state index contributed by atoms with van der Waals surface area (Å²) in [7, 11) is 0. The first kappa shape index (κ1) is 19.2. The summed E-state index contributed by atoms with van der Waals surface area (Å²) in [6.45, 7) is -0.480. The fourth-order valence-corrected chi connectivity index (χ4v) is 2.93. The molecule has 1 N–H and O–H groups in total. The number of carbonyl (C=O) groups excluding carboxylic acids is 2. The predicted octanol–water partition coefficient (Wildman–Crippen LogP) is 4.23. The van der Waals surface area contributed by atoms with Crippen LogP contribution in [0.1, 0.15) is 10.4 Å². The molecule has 0 unspecified atom stereocenters. The average Bonchev–Trinajstić information content (AvgIpc) is 2.79. The summed E-state index contributed by atoms with van der Waals surface area (Å²) in [6, 6.07) is 19.5. The lowest BCUT2D eigenvalue weighted by molar-refractivity contribution is -0.119. The van der Waals surface area contributed by atoms with Crippen LogP contribution in [0, 0.1) is 5.82 Å². The van der Waals surface area contributed by atoms with E-state index in [4.69, 9.17) is 4.74 Å². The minimum atomic E-state index is -0.653. The number of pyridine rings is 2. The number of anilines is 1. The van der Waals surface area contributed by atoms with Gasteiger partial charge < -0.3 is 10.1 Å². The smallest absolute Gasteiger partial charge is 0.339 e. The molecule has 0 spiro atoms. The van der Waals surface area contributed by atoms with Crippen molar-refractivity contribution in [1.82, 2.24) is 9.97 Å². The van der Waals surface area contributed by atoms with E-state index in [1.54, 1.807) is 42.6 Å². The van der Waals surface area contributed by atoms with Gasteiger partial charge in [-0.05, 0) is 48.5 Å². The number of fused-ring (bicyclic) bond motifs is 1. The molecule has 2 aromatic carbocycles. The molecular weight excluding hydrogens is 385 g/mol. The predicted molar refractivity (Wildman–Crippen MR) is 110 cm³/mol. The van der Waals surface area contributed by atoms with Crippen LogP contribution < -0.4 is 5.32 Å². The molecule has 0 aliphatic heterocycles. The Morgan fingerprint density at radius 3 is 2.47 bits per heavy atom. The van der Waals surface area contributed by atoms with Crippen molar-refractivity contribution < 1.29 is 18.7 Å². The number of ether oxygens (including phenoxy) is 1. The van der Waals surface area contributed by atoms with Crippen LogP contribution in [0.25, 0.3) is 22.3 Å². The molecule has 0 aliphatic rings. The van der Waals surface area contributed by atoms with Crippen molar-refractivity contribution in [1.29, 1.82) is 0 Å². The quantitative estimate of drug-likeness (QED) is 0.506. The summed E-state index contributed by atoms with van der Waals surface area (Å²) in [6.07, 6.45) is 1.64. The van der Waals surface area contributed by atoms with Gasteiger partial charge in [-0.2, -0.15) is 0 Å². The number of benzene rings is 2. The summed E-state index contributed by atoms with van der Waals surface area (Å²) in [5, 5.41) is 3.16. The van der Waals surface area contributed by atoms with Gasteiger partial charge in [-0.15, -0.1) is 0 Å². The Morgan fingerprint density at radius 2 is 1.70 bits per heavy atom. The lowest BCUT2D eigenvalue weighted by Gasteiger charge is -2.10. The molecule has 1 amide bonds. The normalized spacial score (nSPS) is 10.6. The van der Waals surface area contributed by atoms with Crippen molar-refractivity contribution >= 4 is 28.5 Å². The average molecular weight is 401 g/mol. The van der Waals surface area contributed by atoms with Crippen molar-refractivity contribution in [3.05, 3.63) is 90.4 Å². The molecule has 0 fully saturated rings. The van der Waals surface area contributed by atoms with Crippen LogP contribution in [0.15, 0.2) is 79.0 Å². The van der Waals surface area contributed by atoms with Gasteiger partial charge in [0.1, 0.15) is 5.82 Å². The van der Waals surface area contributed by atoms with E-state index in [0.717, 1.165) is 0 Å². The highest BCUT2D eigenvalue weighted by Gasteiger charge is 2.17. The van der Waals surface area contributed by atoms with Gasteiger partial charge in [-0.3, -0.25) is 9.78 Å². The molecule has 0 saturated carbocycles. The first-order chi connectivity index (χ1) is 14.6. The molecule has 0 aliphatic carbocycles. The second-order valence-corrected chi connectivity index (χ2v) is 6.42. The molecule has 0 bridgehead atoms. The molecule has 4 aromatic rings. The molecule has 0 radical (unpaired) electrons. The van der Waals surface area contributed by atoms with E-state index in [9.17, 15) is 14.0 Å². The van der Waals surface area contributed by atoms with Crippen LogP contribution in [0.5, 0.6) is 0 Å². The van der Waals surface area contributed by atoms with E-state index in [-0.39, 0.29) is 5.56 Å². The van der Waals surface area contributed by atoms with E-state index in [0.29, 0.717) is 28.0 Å². The molecule has 0 atom stereocenters. The summed E-state index contributed by atoms with van der Waals surface area (Å²) in [5.74, 6) is -1.59. The third kappa shape index (κ3) is 4.30. The van der Waals surface area contributed by atoms with E-state index in [2.05, 4.69) is 15.3 Å². The Kier molecular flexibility index (Phi) is 5.43. The summed E-state index contributed by atoms with van der Waals surface area (Å²) < 4.78 is 18.2. The summed E-state index contributed by atoms with van der Waals surface area (Å²) in [5.41, 5.74) is 2.45. The zero-order valence-corrected chi connectivity index (χ0v) is 15.7. The third-order valence-electron chi connectivity index (χ3n) is 4.33. The Balaban J connectivity index is 1.55. The Labute approximate surface area is 171 Å². The highest BCUT2D eigenvalue weighted by atomic mass is 19.1. The van der Waals surface area contributed by atoms with Crippen molar-refractivity contribution in [2.75, 3.05) is 11.9 Å². The van der Waals surface area contributed by atoms with Gasteiger partial charge in [0.15, 0.2) is 6.61 Å². The highest BCUT2D eigenvalue weighted by molar-refractivity contribution is 6.05. The number of halogens is 1. The zero-order chi connectivity index (χ0) is 20.9. The van der Waals surface area contributed by atoms with Gasteiger partial charge in [0.2, 0.25) is 0 Å². The lowest BCUT2D eigenvalue weighted by Crippen LogP contribution is -2.21. The first-order valence-corrected chi connectivity index (χ1v) is 9.14. The van der Waals surface area contributed by atoms with E-state index in [1.807, 2.05) is 12.1 Å². The third-order valence-corrected chi connectivity index (χ3v) is 4.33. The lowest BCUT2D eigenvalue weighted by atomic mass is 10.1. The fourth-order valence-electron chi connectivity index (χ4n) is 2.93. The molecule has 4 rings (SSSR count). The van der Waals surface area contributed by atoms with Crippen molar-refractivity contribution in [2.45, 2.75) is 0 Å². The van der Waals surface area contributed by atoms with Gasteiger partial charge in [0, 0.05) is 17.3 Å². The SMILES string of the molecule is O=C(COC(=O)c1cc(-c2ccccn2)nc2ccccc12)Nc1ccc(F)cc1. The van der Waals surface area contributed by atoms with Crippen LogP contribution in [-0.2, 0) is 9.53 Å². The number of esters is 1. The van der Waals surface area contributed by atoms with Gasteiger partial charge in [-0.1, -0.05) is 24.3 Å². The van der Waals surface area contributed by atoms with E-state index < -0.39 is 24.3 Å². The molecule has 30 heavy (non-hydrogen) atoms. The number of nitrogens with one attached hydrogen (secondary N) is 1. The molecule has 2 heterocycles. The number of para-hydroxylation sites is 1. The van der Waals surface area contributed by atoms with Crippen LogP contribution >= 0.6 is 0 Å². The Hall–Kier alpha value is -4.13. The van der Waals surface area contributed by atoms with Crippen LogP contribution in [0.3, 0.4) is 0 Å². The van der Waals surface area contributed by atoms with Crippen molar-refractivity contribution in [3.63, 3.8) is 0 Å². The van der Waals surface area contributed by atoms with Gasteiger partial charge in [0.25, 0.3) is 5.91 Å². The molecule has 0 saturated heterocycles. The second-order valence-electron chi connectivity index (χ2n) is 6.42. The second kappa shape index (κ2) is 8.48. The number of amides is 1. The van der Waals surface area contributed by atoms with Gasteiger partial charge >= 0.3 is 5.97 Å². The minimum Gasteiger partial charge on any atom is -0.452 e. The number of rotatable bonds is 5. The molecule has 6 nitrogen and oxygen atoms in total. The highest BCUT2D eigenvalue weighted by Crippen LogP contribution is 2.24. The monoisotopic (exact) mass is 401 g/mol.